The van der Waals surface area contributed by atoms with Crippen molar-refractivity contribution in [2.45, 2.75) is 11.0 Å². The lowest BCUT2D eigenvalue weighted by Gasteiger charge is -2.36. The number of aliphatic imine (C=N–C) groups is 1. The Kier molecular flexibility index (Phi) is 5.06. The van der Waals surface area contributed by atoms with Crippen LogP contribution in [-0.2, 0) is 25.1 Å². The SMILES string of the molecule is NC1=N[C@@]2(CO1)c1cc(OS(=O)(=O)C(F)(F)F)ccc1Oc1c(F)cc(N3CCOCC3)cc12. The summed E-state index contributed by atoms with van der Waals surface area (Å²) in [6.07, 6.45) is 0. The number of amidine groups is 1. The first-order valence-corrected chi connectivity index (χ1v) is 11.4. The fraction of sp³-hybridized carbons (Fsp3) is 0.350. The number of anilines is 1. The lowest BCUT2D eigenvalue weighted by molar-refractivity contribution is -0.0500. The molecule has 0 bridgehead atoms. The van der Waals surface area contributed by atoms with Crippen molar-refractivity contribution in [3.63, 3.8) is 0 Å². The summed E-state index contributed by atoms with van der Waals surface area (Å²) in [5.74, 6) is -1.44. The van der Waals surface area contributed by atoms with Crippen LogP contribution >= 0.6 is 0 Å². The van der Waals surface area contributed by atoms with Crippen molar-refractivity contribution in [2.75, 3.05) is 37.8 Å². The third kappa shape index (κ3) is 3.57. The Labute approximate surface area is 190 Å². The zero-order valence-electron chi connectivity index (χ0n) is 17.3. The maximum Gasteiger partial charge on any atom is 0.534 e. The summed E-state index contributed by atoms with van der Waals surface area (Å²) in [7, 11) is -5.92. The fourth-order valence-corrected chi connectivity index (χ4v) is 4.55. The van der Waals surface area contributed by atoms with Crippen LogP contribution in [0.1, 0.15) is 11.1 Å². The minimum Gasteiger partial charge on any atom is -0.462 e. The quantitative estimate of drug-likeness (QED) is 0.387. The lowest BCUT2D eigenvalue weighted by atomic mass is 9.81. The highest BCUT2D eigenvalue weighted by Crippen LogP contribution is 2.53. The minimum absolute atomic E-state index is 0.0318. The molecule has 9 nitrogen and oxygen atoms in total. The van der Waals surface area contributed by atoms with Gasteiger partial charge in [0.25, 0.3) is 6.02 Å². The predicted octanol–water partition coefficient (Wildman–Crippen LogP) is 2.58. The molecule has 1 atom stereocenters. The van der Waals surface area contributed by atoms with Gasteiger partial charge < -0.3 is 29.0 Å². The Balaban J connectivity index is 1.64. The van der Waals surface area contributed by atoms with Crippen LogP contribution in [0.15, 0.2) is 35.3 Å². The number of halogens is 4. The smallest absolute Gasteiger partial charge is 0.462 e. The highest BCUT2D eigenvalue weighted by molar-refractivity contribution is 7.88. The second-order valence-electron chi connectivity index (χ2n) is 7.75. The van der Waals surface area contributed by atoms with Gasteiger partial charge >= 0.3 is 15.6 Å². The number of benzene rings is 2. The van der Waals surface area contributed by atoms with Crippen molar-refractivity contribution >= 4 is 21.8 Å². The first kappa shape index (κ1) is 22.5. The number of rotatable bonds is 3. The number of nitrogens with two attached hydrogens (primary N) is 1. The van der Waals surface area contributed by atoms with Gasteiger partial charge in [0, 0.05) is 36.0 Å². The van der Waals surface area contributed by atoms with Crippen LogP contribution in [0.5, 0.6) is 17.2 Å². The third-order valence-corrected chi connectivity index (χ3v) is 6.66. The zero-order chi connectivity index (χ0) is 24.3. The van der Waals surface area contributed by atoms with Crippen molar-refractivity contribution in [2.24, 2.45) is 10.7 Å². The van der Waals surface area contributed by atoms with Crippen molar-refractivity contribution in [1.29, 1.82) is 0 Å². The van der Waals surface area contributed by atoms with Crippen molar-refractivity contribution < 1.29 is 44.4 Å². The maximum atomic E-state index is 15.2. The summed E-state index contributed by atoms with van der Waals surface area (Å²) in [4.78, 5) is 6.23. The van der Waals surface area contributed by atoms with Gasteiger partial charge in [-0.1, -0.05) is 0 Å². The molecule has 2 aromatic carbocycles. The van der Waals surface area contributed by atoms with Crippen LogP contribution < -0.4 is 19.6 Å². The summed E-state index contributed by atoms with van der Waals surface area (Å²) in [5.41, 5.74) is -0.530. The van der Waals surface area contributed by atoms with Gasteiger partial charge in [0.2, 0.25) is 0 Å². The van der Waals surface area contributed by atoms with E-state index < -0.39 is 32.7 Å². The van der Waals surface area contributed by atoms with E-state index in [1.807, 2.05) is 4.90 Å². The summed E-state index contributed by atoms with van der Waals surface area (Å²) in [5, 5.41) is 0. The van der Waals surface area contributed by atoms with Crippen LogP contribution in [0.3, 0.4) is 0 Å². The van der Waals surface area contributed by atoms with E-state index in [1.165, 1.54) is 12.1 Å². The van der Waals surface area contributed by atoms with Crippen LogP contribution in [0, 0.1) is 5.82 Å². The first-order chi connectivity index (χ1) is 16.0. The number of alkyl halides is 3. The molecule has 3 aliphatic rings. The molecule has 3 heterocycles. The fourth-order valence-electron chi connectivity index (χ4n) is 4.10. The molecule has 34 heavy (non-hydrogen) atoms. The number of fused-ring (bicyclic) bond motifs is 4. The van der Waals surface area contributed by atoms with Gasteiger partial charge in [0.1, 0.15) is 18.1 Å². The number of morpholine rings is 1. The second-order valence-corrected chi connectivity index (χ2v) is 9.28. The monoisotopic (exact) mass is 503 g/mol. The Morgan fingerprint density at radius 3 is 2.50 bits per heavy atom. The zero-order valence-corrected chi connectivity index (χ0v) is 18.1. The van der Waals surface area contributed by atoms with Gasteiger partial charge in [-0.05, 0) is 24.3 Å². The van der Waals surface area contributed by atoms with E-state index in [-0.39, 0.29) is 35.3 Å². The van der Waals surface area contributed by atoms with Crippen LogP contribution in [-0.4, -0.2) is 52.9 Å². The summed E-state index contributed by atoms with van der Waals surface area (Å²) in [6.45, 7) is 1.71. The second kappa shape index (κ2) is 7.63. The molecule has 0 aromatic heterocycles. The average molecular weight is 503 g/mol. The van der Waals surface area contributed by atoms with Gasteiger partial charge in [-0.25, -0.2) is 9.38 Å². The number of hydrogen-bond acceptors (Lipinski definition) is 9. The normalized spacial score (nSPS) is 21.9. The van der Waals surface area contributed by atoms with Crippen LogP contribution in [0.2, 0.25) is 0 Å². The van der Waals surface area contributed by atoms with E-state index in [2.05, 4.69) is 9.18 Å². The molecule has 0 unspecified atom stereocenters. The van der Waals surface area contributed by atoms with E-state index in [9.17, 15) is 21.6 Å². The van der Waals surface area contributed by atoms with E-state index in [0.717, 1.165) is 12.1 Å². The van der Waals surface area contributed by atoms with E-state index >= 15 is 4.39 Å². The molecule has 2 N–H and O–H groups in total. The molecule has 0 radical (unpaired) electrons. The summed E-state index contributed by atoms with van der Waals surface area (Å²) in [6, 6.07) is 5.87. The van der Waals surface area contributed by atoms with Gasteiger partial charge in [0.05, 0.1) is 13.2 Å². The highest BCUT2D eigenvalue weighted by Gasteiger charge is 2.50. The number of hydrogen-bond donors (Lipinski definition) is 1. The lowest BCUT2D eigenvalue weighted by Crippen LogP contribution is -2.37. The van der Waals surface area contributed by atoms with Crippen LogP contribution in [0.25, 0.3) is 0 Å². The largest absolute Gasteiger partial charge is 0.534 e. The first-order valence-electron chi connectivity index (χ1n) is 9.98. The van der Waals surface area contributed by atoms with E-state index in [1.54, 1.807) is 6.07 Å². The van der Waals surface area contributed by atoms with Gasteiger partial charge in [-0.2, -0.15) is 21.6 Å². The summed E-state index contributed by atoms with van der Waals surface area (Å²) < 4.78 is 97.3. The Bertz CT molecular complexity index is 1290. The molecule has 5 rings (SSSR count). The number of nitrogens with zero attached hydrogens (tertiary/aromatic N) is 2. The molecule has 0 saturated carbocycles. The van der Waals surface area contributed by atoms with Gasteiger partial charge in [0.15, 0.2) is 17.1 Å². The van der Waals surface area contributed by atoms with E-state index in [4.69, 9.17) is 19.9 Å². The van der Waals surface area contributed by atoms with Gasteiger partial charge in [-0.3, -0.25) is 0 Å². The molecule has 2 aromatic rings. The molecule has 1 fully saturated rings. The minimum atomic E-state index is -5.92. The Morgan fingerprint density at radius 2 is 1.85 bits per heavy atom. The van der Waals surface area contributed by atoms with E-state index in [0.29, 0.717) is 32.0 Å². The molecule has 3 aliphatic heterocycles. The van der Waals surface area contributed by atoms with Gasteiger partial charge in [-0.15, -0.1) is 0 Å². The molecule has 0 aliphatic carbocycles. The third-order valence-electron chi connectivity index (χ3n) is 5.68. The Morgan fingerprint density at radius 1 is 1.12 bits per heavy atom. The van der Waals surface area contributed by atoms with Crippen molar-refractivity contribution in [3.8, 4) is 17.2 Å². The molecular formula is C20H17F4N3O6S. The summed E-state index contributed by atoms with van der Waals surface area (Å²) >= 11 is 0. The van der Waals surface area contributed by atoms with Crippen molar-refractivity contribution in [3.05, 3.63) is 47.3 Å². The predicted molar refractivity (Wildman–Crippen MR) is 110 cm³/mol. The Hall–Kier alpha value is -3.26. The molecule has 1 spiro atoms. The molecule has 14 heteroatoms. The average Bonchev–Trinajstić information content (AvgIpc) is 3.17. The van der Waals surface area contributed by atoms with Crippen molar-refractivity contribution in [1.82, 2.24) is 0 Å². The maximum absolute atomic E-state index is 15.2. The highest BCUT2D eigenvalue weighted by atomic mass is 32.2. The van der Waals surface area contributed by atoms with Crippen LogP contribution in [0.4, 0.5) is 23.2 Å². The molecular weight excluding hydrogens is 486 g/mol. The molecule has 1 saturated heterocycles. The molecule has 182 valence electrons. The standard InChI is InChI=1S/C20H17F4N3O6S/c21-15-8-11(27-3-5-30-6-4-27)7-14-17(15)32-16-2-1-12(33-34(28,29)20(22,23)24)9-13(16)19(14)10-31-18(25)26-19/h1-2,7-9H,3-6,10H2,(H2,25,26)/t19-/m0/s1. The number of ether oxygens (including phenoxy) is 3. The topological polar surface area (TPSA) is 113 Å². The molecule has 0 amide bonds.